The van der Waals surface area contributed by atoms with E-state index in [1.54, 1.807) is 0 Å². The number of fused-ring (bicyclic) bond motifs is 1. The van der Waals surface area contributed by atoms with Crippen molar-refractivity contribution in [1.29, 1.82) is 0 Å². The Morgan fingerprint density at radius 1 is 1.24 bits per heavy atom. The van der Waals surface area contributed by atoms with Gasteiger partial charge in [-0.15, -0.1) is 12.4 Å². The van der Waals surface area contributed by atoms with Gasteiger partial charge in [-0.25, -0.2) is 0 Å². The Hall–Kier alpha value is -1.06. The maximum atomic E-state index is 12.5. The summed E-state index contributed by atoms with van der Waals surface area (Å²) in [6.07, 6.45) is 5.18. The predicted octanol–water partition coefficient (Wildman–Crippen LogP) is 2.94. The van der Waals surface area contributed by atoms with Gasteiger partial charge in [-0.05, 0) is 55.8 Å². The average Bonchev–Trinajstić information content (AvgIpc) is 2.91. The van der Waals surface area contributed by atoms with E-state index in [0.29, 0.717) is 17.9 Å². The zero-order chi connectivity index (χ0) is 13.9. The SMILES string of the molecule is CN(C(=O)CC1CCNCC1)C1CCc2ccccc21.Cl. The maximum Gasteiger partial charge on any atom is 0.223 e. The third-order valence-electron chi connectivity index (χ3n) is 4.88. The summed E-state index contributed by atoms with van der Waals surface area (Å²) in [5.41, 5.74) is 2.77. The maximum absolute atomic E-state index is 12.5. The molecule has 1 saturated heterocycles. The number of carbonyl (C=O) groups is 1. The van der Waals surface area contributed by atoms with E-state index >= 15 is 0 Å². The molecule has 3 rings (SSSR count). The van der Waals surface area contributed by atoms with Crippen molar-refractivity contribution in [2.75, 3.05) is 20.1 Å². The molecule has 1 atom stereocenters. The molecule has 2 aliphatic rings. The van der Waals surface area contributed by atoms with Crippen molar-refractivity contribution in [1.82, 2.24) is 10.2 Å². The summed E-state index contributed by atoms with van der Waals surface area (Å²) in [6, 6.07) is 8.85. The first-order valence-corrected chi connectivity index (χ1v) is 7.80. The Labute approximate surface area is 133 Å². The Bertz CT molecular complexity index is 485. The number of hydrogen-bond donors (Lipinski definition) is 1. The number of hydrogen-bond acceptors (Lipinski definition) is 2. The van der Waals surface area contributed by atoms with Gasteiger partial charge in [0.25, 0.3) is 0 Å². The highest BCUT2D eigenvalue weighted by molar-refractivity contribution is 5.85. The van der Waals surface area contributed by atoms with Gasteiger partial charge in [-0.3, -0.25) is 4.79 Å². The fourth-order valence-corrected chi connectivity index (χ4v) is 3.59. The summed E-state index contributed by atoms with van der Waals surface area (Å²) >= 11 is 0. The molecule has 0 radical (unpaired) electrons. The van der Waals surface area contributed by atoms with Gasteiger partial charge in [0.1, 0.15) is 0 Å². The van der Waals surface area contributed by atoms with Crippen molar-refractivity contribution in [2.45, 2.75) is 38.1 Å². The van der Waals surface area contributed by atoms with E-state index in [1.807, 2.05) is 11.9 Å². The number of halogens is 1. The zero-order valence-electron chi connectivity index (χ0n) is 12.7. The van der Waals surface area contributed by atoms with Crippen LogP contribution in [0.1, 0.15) is 42.9 Å². The first kappa shape index (κ1) is 16.3. The molecule has 1 N–H and O–H groups in total. The lowest BCUT2D eigenvalue weighted by Crippen LogP contribution is -2.34. The summed E-state index contributed by atoms with van der Waals surface area (Å²) in [5, 5.41) is 3.36. The lowest BCUT2D eigenvalue weighted by Gasteiger charge is -2.29. The number of nitrogens with zero attached hydrogens (tertiary/aromatic N) is 1. The fourth-order valence-electron chi connectivity index (χ4n) is 3.59. The number of piperidine rings is 1. The van der Waals surface area contributed by atoms with Gasteiger partial charge in [-0.2, -0.15) is 0 Å². The van der Waals surface area contributed by atoms with Crippen molar-refractivity contribution < 1.29 is 4.79 Å². The van der Waals surface area contributed by atoms with Crippen LogP contribution in [0.3, 0.4) is 0 Å². The van der Waals surface area contributed by atoms with Crippen LogP contribution in [0.4, 0.5) is 0 Å². The second-order valence-electron chi connectivity index (χ2n) is 6.16. The van der Waals surface area contributed by atoms with Gasteiger partial charge >= 0.3 is 0 Å². The second kappa shape index (κ2) is 7.28. The lowest BCUT2D eigenvalue weighted by atomic mass is 9.93. The van der Waals surface area contributed by atoms with Gasteiger partial charge in [-0.1, -0.05) is 24.3 Å². The number of rotatable bonds is 3. The number of carbonyl (C=O) groups excluding carboxylic acids is 1. The Balaban J connectivity index is 0.00000161. The van der Waals surface area contributed by atoms with Crippen LogP contribution in [-0.2, 0) is 11.2 Å². The minimum atomic E-state index is 0. The molecule has 4 heteroatoms. The molecule has 21 heavy (non-hydrogen) atoms. The van der Waals surface area contributed by atoms with E-state index in [-0.39, 0.29) is 12.4 Å². The largest absolute Gasteiger partial charge is 0.339 e. The minimum absolute atomic E-state index is 0. The minimum Gasteiger partial charge on any atom is -0.339 e. The third-order valence-corrected chi connectivity index (χ3v) is 4.88. The van der Waals surface area contributed by atoms with Crippen molar-refractivity contribution >= 4 is 18.3 Å². The molecular formula is C17H25ClN2O. The number of nitrogens with one attached hydrogen (secondary N) is 1. The van der Waals surface area contributed by atoms with E-state index in [0.717, 1.165) is 45.2 Å². The van der Waals surface area contributed by atoms with E-state index in [2.05, 4.69) is 29.6 Å². The molecule has 0 aromatic heterocycles. The van der Waals surface area contributed by atoms with Gasteiger partial charge in [0.05, 0.1) is 6.04 Å². The van der Waals surface area contributed by atoms with Crippen molar-refractivity contribution in [3.63, 3.8) is 0 Å². The van der Waals surface area contributed by atoms with Crippen molar-refractivity contribution in [2.24, 2.45) is 5.92 Å². The normalized spacial score (nSPS) is 21.5. The Kier molecular flexibility index (Phi) is 5.65. The molecule has 3 nitrogen and oxygen atoms in total. The third kappa shape index (κ3) is 3.58. The van der Waals surface area contributed by atoms with Crippen LogP contribution in [-0.4, -0.2) is 30.9 Å². The highest BCUT2D eigenvalue weighted by Crippen LogP contribution is 2.35. The van der Waals surface area contributed by atoms with Crippen LogP contribution in [0.5, 0.6) is 0 Å². The standard InChI is InChI=1S/C17H24N2O.ClH/c1-19(17(20)12-13-8-10-18-11-9-13)16-7-6-14-4-2-3-5-15(14)16;/h2-5,13,16,18H,6-12H2,1H3;1H. The molecule has 1 aliphatic heterocycles. The summed E-state index contributed by atoms with van der Waals surface area (Å²) in [7, 11) is 1.98. The fraction of sp³-hybridized carbons (Fsp3) is 0.588. The molecule has 0 bridgehead atoms. The number of amides is 1. The number of aryl methyl sites for hydroxylation is 1. The Morgan fingerprint density at radius 3 is 2.71 bits per heavy atom. The average molecular weight is 309 g/mol. The molecule has 1 fully saturated rings. The van der Waals surface area contributed by atoms with E-state index < -0.39 is 0 Å². The molecule has 1 amide bonds. The monoisotopic (exact) mass is 308 g/mol. The van der Waals surface area contributed by atoms with Crippen LogP contribution in [0.15, 0.2) is 24.3 Å². The van der Waals surface area contributed by atoms with Gasteiger partial charge in [0, 0.05) is 13.5 Å². The van der Waals surface area contributed by atoms with Crippen LogP contribution in [0, 0.1) is 5.92 Å². The lowest BCUT2D eigenvalue weighted by molar-refractivity contribution is -0.133. The Morgan fingerprint density at radius 2 is 1.95 bits per heavy atom. The van der Waals surface area contributed by atoms with Crippen molar-refractivity contribution in [3.05, 3.63) is 35.4 Å². The quantitative estimate of drug-likeness (QED) is 0.931. The van der Waals surface area contributed by atoms with E-state index in [1.165, 1.54) is 11.1 Å². The van der Waals surface area contributed by atoms with Crippen LogP contribution in [0.25, 0.3) is 0 Å². The summed E-state index contributed by atoms with van der Waals surface area (Å²) in [4.78, 5) is 14.5. The summed E-state index contributed by atoms with van der Waals surface area (Å²) in [5.74, 6) is 0.890. The van der Waals surface area contributed by atoms with Crippen LogP contribution in [0.2, 0.25) is 0 Å². The molecule has 116 valence electrons. The first-order chi connectivity index (χ1) is 9.75. The highest BCUT2D eigenvalue weighted by atomic mass is 35.5. The molecule has 0 saturated carbocycles. The van der Waals surface area contributed by atoms with Crippen LogP contribution < -0.4 is 5.32 Å². The van der Waals surface area contributed by atoms with Crippen LogP contribution >= 0.6 is 12.4 Å². The highest BCUT2D eigenvalue weighted by Gasteiger charge is 2.29. The van der Waals surface area contributed by atoms with Gasteiger partial charge < -0.3 is 10.2 Å². The predicted molar refractivity (Wildman–Crippen MR) is 87.7 cm³/mol. The van der Waals surface area contributed by atoms with Gasteiger partial charge in [0.15, 0.2) is 0 Å². The second-order valence-corrected chi connectivity index (χ2v) is 6.16. The molecule has 1 aromatic carbocycles. The summed E-state index contributed by atoms with van der Waals surface area (Å²) < 4.78 is 0. The smallest absolute Gasteiger partial charge is 0.223 e. The molecule has 1 unspecified atom stereocenters. The number of benzene rings is 1. The van der Waals surface area contributed by atoms with E-state index in [9.17, 15) is 4.79 Å². The van der Waals surface area contributed by atoms with E-state index in [4.69, 9.17) is 0 Å². The first-order valence-electron chi connectivity index (χ1n) is 7.80. The molecule has 1 aliphatic carbocycles. The molecule has 0 spiro atoms. The molecule has 1 heterocycles. The zero-order valence-corrected chi connectivity index (χ0v) is 13.5. The van der Waals surface area contributed by atoms with Gasteiger partial charge in [0.2, 0.25) is 5.91 Å². The molecular weight excluding hydrogens is 284 g/mol. The topological polar surface area (TPSA) is 32.3 Å². The molecule has 1 aromatic rings. The summed E-state index contributed by atoms with van der Waals surface area (Å²) in [6.45, 7) is 2.13. The van der Waals surface area contributed by atoms with Crippen molar-refractivity contribution in [3.8, 4) is 0 Å².